The molecule has 0 atom stereocenters. The largest absolute Gasteiger partial charge is 0.748 e. The highest BCUT2D eigenvalue weighted by Crippen LogP contribution is 1.83. The van der Waals surface area contributed by atoms with Crippen LogP contribution in [0.15, 0.2) is 18.7 Å². The number of ether oxygens (including phenoxy) is 2. The van der Waals surface area contributed by atoms with Crippen LogP contribution in [0.5, 0.6) is 0 Å². The van der Waals surface area contributed by atoms with Crippen molar-refractivity contribution in [2.24, 2.45) is 7.05 Å². The smallest absolute Gasteiger partial charge is 0.243 e. The first-order valence-corrected chi connectivity index (χ1v) is 7.48. The Morgan fingerprint density at radius 2 is 2.00 bits per heavy atom. The average molecular weight is 294 g/mol. The van der Waals surface area contributed by atoms with Gasteiger partial charge in [-0.1, -0.05) is 0 Å². The molecule has 1 aromatic heterocycles. The highest BCUT2D eigenvalue weighted by molar-refractivity contribution is 7.85. The molecule has 0 aliphatic carbocycles. The van der Waals surface area contributed by atoms with Crippen molar-refractivity contribution in [1.82, 2.24) is 4.57 Å². The fourth-order valence-corrected chi connectivity index (χ4v) is 1.42. The second-order valence-electron chi connectivity index (χ2n) is 3.78. The minimum atomic E-state index is -4.13. The van der Waals surface area contributed by atoms with Crippen LogP contribution >= 0.6 is 0 Å². The summed E-state index contributed by atoms with van der Waals surface area (Å²) >= 11 is 0. The van der Waals surface area contributed by atoms with E-state index in [9.17, 15) is 13.0 Å². The molecule has 0 fully saturated rings. The molecule has 0 amide bonds. The molecule has 1 heterocycles. The lowest BCUT2D eigenvalue weighted by molar-refractivity contribution is -0.671. The Bertz CT molecular complexity index is 430. The second-order valence-corrected chi connectivity index (χ2v) is 5.30. The molecule has 0 radical (unpaired) electrons. The van der Waals surface area contributed by atoms with Crippen LogP contribution in [0.3, 0.4) is 0 Å². The van der Waals surface area contributed by atoms with E-state index in [1.54, 1.807) is 0 Å². The Kier molecular flexibility index (Phi) is 9.40. The summed E-state index contributed by atoms with van der Waals surface area (Å²) in [7, 11) is -0.599. The molecular formula is C11H22N2O5S. The van der Waals surface area contributed by atoms with E-state index in [0.717, 1.165) is 6.54 Å². The van der Waals surface area contributed by atoms with Crippen LogP contribution in [0.25, 0.3) is 0 Å². The summed E-state index contributed by atoms with van der Waals surface area (Å²) in [6.45, 7) is 3.83. The Balaban J connectivity index is 0.000000356. The SMILES string of the molecule is CCn1cc[n+](C)c1.COCCOCCS(=O)(=O)[O-]. The van der Waals surface area contributed by atoms with E-state index in [0.29, 0.717) is 13.2 Å². The highest BCUT2D eigenvalue weighted by atomic mass is 32.2. The van der Waals surface area contributed by atoms with Crippen molar-refractivity contribution in [3.05, 3.63) is 18.7 Å². The number of methoxy groups -OCH3 is 1. The normalized spacial score (nSPS) is 10.9. The molecule has 0 aromatic carbocycles. The van der Waals surface area contributed by atoms with Gasteiger partial charge in [0.2, 0.25) is 6.33 Å². The summed E-state index contributed by atoms with van der Waals surface area (Å²) in [6.07, 6.45) is 6.14. The standard InChI is InChI=1S/C6H11N2.C5H12O5S/c1-3-8-5-4-7(2)6-8;1-9-2-3-10-4-5-11(6,7)8/h4-6H,3H2,1-2H3;2-5H2,1H3,(H,6,7,8)/q+1;/p-1. The van der Waals surface area contributed by atoms with Crippen molar-refractivity contribution >= 4 is 10.1 Å². The number of hydrogen-bond acceptors (Lipinski definition) is 5. The van der Waals surface area contributed by atoms with Gasteiger partial charge >= 0.3 is 0 Å². The van der Waals surface area contributed by atoms with E-state index in [1.165, 1.54) is 7.11 Å². The number of imidazole rings is 1. The third-order valence-corrected chi connectivity index (χ3v) is 2.77. The summed E-state index contributed by atoms with van der Waals surface area (Å²) in [5, 5.41) is 0. The molecule has 0 spiro atoms. The Morgan fingerprint density at radius 3 is 2.37 bits per heavy atom. The summed E-state index contributed by atoms with van der Waals surface area (Å²) in [5.74, 6) is -0.475. The van der Waals surface area contributed by atoms with Crippen LogP contribution < -0.4 is 4.57 Å². The second kappa shape index (κ2) is 9.90. The summed E-state index contributed by atoms with van der Waals surface area (Å²) in [4.78, 5) is 0. The van der Waals surface area contributed by atoms with Crippen LogP contribution in [0.4, 0.5) is 0 Å². The Morgan fingerprint density at radius 1 is 1.32 bits per heavy atom. The minimum Gasteiger partial charge on any atom is -0.748 e. The van der Waals surface area contributed by atoms with E-state index in [2.05, 4.69) is 28.8 Å². The Labute approximate surface area is 114 Å². The first-order valence-electron chi connectivity index (χ1n) is 5.90. The number of hydrogen-bond donors (Lipinski definition) is 0. The lowest BCUT2D eigenvalue weighted by atomic mass is 10.7. The summed E-state index contributed by atoms with van der Waals surface area (Å²) < 4.78 is 43.5. The van der Waals surface area contributed by atoms with E-state index < -0.39 is 15.9 Å². The lowest BCUT2D eigenvalue weighted by Crippen LogP contribution is -2.23. The maximum absolute atomic E-state index is 10.00. The van der Waals surface area contributed by atoms with E-state index in [-0.39, 0.29) is 6.61 Å². The van der Waals surface area contributed by atoms with Crippen LogP contribution in [-0.4, -0.2) is 50.2 Å². The van der Waals surface area contributed by atoms with Gasteiger partial charge in [-0.15, -0.1) is 0 Å². The number of aromatic nitrogens is 2. The quantitative estimate of drug-likeness (QED) is 0.385. The zero-order valence-corrected chi connectivity index (χ0v) is 12.4. The molecule has 7 nitrogen and oxygen atoms in total. The van der Waals surface area contributed by atoms with Gasteiger partial charge in [0.1, 0.15) is 12.4 Å². The van der Waals surface area contributed by atoms with Crippen molar-refractivity contribution in [2.75, 3.05) is 32.7 Å². The van der Waals surface area contributed by atoms with Crippen LogP contribution in [0.2, 0.25) is 0 Å². The van der Waals surface area contributed by atoms with E-state index >= 15 is 0 Å². The van der Waals surface area contributed by atoms with Gasteiger partial charge in [-0.05, 0) is 6.92 Å². The minimum absolute atomic E-state index is 0.0603. The molecule has 1 rings (SSSR count). The Hall–Kier alpha value is -0.960. The molecule has 112 valence electrons. The van der Waals surface area contributed by atoms with Crippen LogP contribution in [0, 0.1) is 0 Å². The maximum Gasteiger partial charge on any atom is 0.243 e. The van der Waals surface area contributed by atoms with Crippen molar-refractivity contribution in [3.8, 4) is 0 Å². The van der Waals surface area contributed by atoms with Gasteiger partial charge in [-0.3, -0.25) is 0 Å². The molecular weight excluding hydrogens is 272 g/mol. The maximum atomic E-state index is 10.00. The first kappa shape index (κ1) is 18.0. The third kappa shape index (κ3) is 11.8. The predicted octanol–water partition coefficient (Wildman–Crippen LogP) is -0.473. The fraction of sp³-hybridized carbons (Fsp3) is 0.727. The van der Waals surface area contributed by atoms with Crippen molar-refractivity contribution in [1.29, 1.82) is 0 Å². The highest BCUT2D eigenvalue weighted by Gasteiger charge is 1.94. The molecule has 19 heavy (non-hydrogen) atoms. The van der Waals surface area contributed by atoms with Crippen LogP contribution in [-0.2, 0) is 33.2 Å². The molecule has 0 unspecified atom stereocenters. The van der Waals surface area contributed by atoms with Gasteiger partial charge in [-0.25, -0.2) is 17.6 Å². The molecule has 0 N–H and O–H groups in total. The molecule has 0 aliphatic rings. The van der Waals surface area contributed by atoms with Crippen molar-refractivity contribution in [2.45, 2.75) is 13.5 Å². The molecule has 0 bridgehead atoms. The van der Waals surface area contributed by atoms with Crippen molar-refractivity contribution in [3.63, 3.8) is 0 Å². The molecule has 1 aromatic rings. The number of rotatable bonds is 7. The molecule has 8 heteroatoms. The third-order valence-electron chi connectivity index (χ3n) is 2.10. The van der Waals surface area contributed by atoms with Crippen LogP contribution in [0.1, 0.15) is 6.92 Å². The molecule has 0 aliphatic heterocycles. The summed E-state index contributed by atoms with van der Waals surface area (Å²) in [6, 6.07) is 0. The van der Waals surface area contributed by atoms with Crippen molar-refractivity contribution < 1.29 is 27.0 Å². The molecule has 0 saturated heterocycles. The van der Waals surface area contributed by atoms with E-state index in [1.807, 2.05) is 17.8 Å². The number of nitrogens with zero attached hydrogens (tertiary/aromatic N) is 2. The van der Waals surface area contributed by atoms with E-state index in [4.69, 9.17) is 4.74 Å². The zero-order valence-electron chi connectivity index (χ0n) is 11.6. The molecule has 0 saturated carbocycles. The predicted molar refractivity (Wildman–Crippen MR) is 68.5 cm³/mol. The average Bonchev–Trinajstić information content (AvgIpc) is 2.74. The fourth-order valence-electron chi connectivity index (χ4n) is 1.09. The van der Waals surface area contributed by atoms with Gasteiger partial charge in [-0.2, -0.15) is 0 Å². The van der Waals surface area contributed by atoms with Gasteiger partial charge < -0.3 is 14.0 Å². The number of aryl methyl sites for hydroxylation is 2. The zero-order chi connectivity index (χ0) is 14.7. The van der Waals surface area contributed by atoms with Gasteiger partial charge in [0, 0.05) is 7.11 Å². The lowest BCUT2D eigenvalue weighted by Gasteiger charge is -2.06. The van der Waals surface area contributed by atoms with Gasteiger partial charge in [0.25, 0.3) is 0 Å². The topological polar surface area (TPSA) is 84.5 Å². The first-order chi connectivity index (χ1) is 8.89. The monoisotopic (exact) mass is 294 g/mol. The summed E-state index contributed by atoms with van der Waals surface area (Å²) in [5.41, 5.74) is 0. The van der Waals surface area contributed by atoms with Gasteiger partial charge in [0.05, 0.1) is 49.3 Å². The van der Waals surface area contributed by atoms with Gasteiger partial charge in [0.15, 0.2) is 0 Å².